The molecule has 3 N–H and O–H groups in total. The molecule has 0 aliphatic rings. The number of nitro groups is 1. The molecule has 0 saturated carbocycles. The van der Waals surface area contributed by atoms with E-state index in [1.54, 1.807) is 25.1 Å². The number of hydrogen-bond donors (Lipinski definition) is 2. The number of anilines is 3. The Morgan fingerprint density at radius 2 is 2.05 bits per heavy atom. The fraction of sp³-hybridized carbons (Fsp3) is 0.167. The summed E-state index contributed by atoms with van der Waals surface area (Å²) in [6, 6.07) is 5.22. The van der Waals surface area contributed by atoms with E-state index in [-0.39, 0.29) is 23.1 Å². The number of benzene rings is 1. The summed E-state index contributed by atoms with van der Waals surface area (Å²) in [5.41, 5.74) is 6.91. The van der Waals surface area contributed by atoms with E-state index in [2.05, 4.69) is 15.3 Å². The second kappa shape index (κ2) is 5.30. The molecule has 1 heterocycles. The van der Waals surface area contributed by atoms with Crippen molar-refractivity contribution in [2.75, 3.05) is 11.1 Å². The summed E-state index contributed by atoms with van der Waals surface area (Å²) in [7, 11) is 0. The van der Waals surface area contributed by atoms with Gasteiger partial charge in [-0.25, -0.2) is 4.98 Å². The average molecular weight is 294 g/mol. The minimum Gasteiger partial charge on any atom is -0.368 e. The van der Waals surface area contributed by atoms with Gasteiger partial charge in [0.1, 0.15) is 5.69 Å². The Kier molecular flexibility index (Phi) is 3.71. The van der Waals surface area contributed by atoms with E-state index in [9.17, 15) is 10.1 Å². The molecule has 104 valence electrons. The molecule has 8 heteroatoms. The molecule has 20 heavy (non-hydrogen) atoms. The Balaban J connectivity index is 2.53. The first-order valence-corrected chi connectivity index (χ1v) is 6.08. The van der Waals surface area contributed by atoms with Gasteiger partial charge in [-0.05, 0) is 31.5 Å². The first kappa shape index (κ1) is 14.0. The van der Waals surface area contributed by atoms with E-state index in [0.717, 1.165) is 5.56 Å². The van der Waals surface area contributed by atoms with Crippen molar-refractivity contribution in [2.45, 2.75) is 13.8 Å². The molecule has 1 aromatic carbocycles. The van der Waals surface area contributed by atoms with Gasteiger partial charge in [0.2, 0.25) is 11.8 Å². The second-order valence-corrected chi connectivity index (χ2v) is 4.57. The monoisotopic (exact) mass is 293 g/mol. The van der Waals surface area contributed by atoms with Gasteiger partial charge in [-0.15, -0.1) is 0 Å². The van der Waals surface area contributed by atoms with Crippen LogP contribution in [0.2, 0.25) is 5.02 Å². The summed E-state index contributed by atoms with van der Waals surface area (Å²) >= 11 is 6.01. The van der Waals surface area contributed by atoms with Crippen molar-refractivity contribution in [3.63, 3.8) is 0 Å². The largest absolute Gasteiger partial charge is 0.368 e. The molecule has 2 aromatic rings. The molecule has 0 fully saturated rings. The van der Waals surface area contributed by atoms with Crippen molar-refractivity contribution in [1.82, 2.24) is 9.97 Å². The van der Waals surface area contributed by atoms with Crippen LogP contribution in [0.3, 0.4) is 0 Å². The van der Waals surface area contributed by atoms with Crippen molar-refractivity contribution in [3.8, 4) is 0 Å². The number of nitrogen functional groups attached to an aromatic ring is 1. The highest BCUT2D eigenvalue weighted by atomic mass is 35.5. The number of nitrogens with zero attached hydrogens (tertiary/aromatic N) is 3. The van der Waals surface area contributed by atoms with Crippen molar-refractivity contribution in [1.29, 1.82) is 0 Å². The van der Waals surface area contributed by atoms with Gasteiger partial charge in [0.25, 0.3) is 0 Å². The number of rotatable bonds is 3. The van der Waals surface area contributed by atoms with Crippen LogP contribution in [-0.2, 0) is 0 Å². The maximum absolute atomic E-state index is 11.1. The molecule has 0 atom stereocenters. The Hall–Kier alpha value is -2.41. The fourth-order valence-corrected chi connectivity index (χ4v) is 1.94. The molecule has 0 aliphatic heterocycles. The minimum atomic E-state index is -0.545. The Labute approximate surface area is 120 Å². The van der Waals surface area contributed by atoms with Gasteiger partial charge < -0.3 is 11.1 Å². The normalized spacial score (nSPS) is 10.3. The van der Waals surface area contributed by atoms with E-state index >= 15 is 0 Å². The van der Waals surface area contributed by atoms with Crippen LogP contribution in [0.4, 0.5) is 23.1 Å². The third-order valence-electron chi connectivity index (χ3n) is 2.78. The average Bonchev–Trinajstić information content (AvgIpc) is 2.33. The summed E-state index contributed by atoms with van der Waals surface area (Å²) in [6.07, 6.45) is 0. The van der Waals surface area contributed by atoms with Gasteiger partial charge in [0.15, 0.2) is 0 Å². The minimum absolute atomic E-state index is 0.0321. The van der Waals surface area contributed by atoms with Crippen LogP contribution in [0.5, 0.6) is 0 Å². The summed E-state index contributed by atoms with van der Waals surface area (Å²) in [5, 5.41) is 14.6. The van der Waals surface area contributed by atoms with Crippen LogP contribution in [0, 0.1) is 24.0 Å². The predicted octanol–water partition coefficient (Wildman–Crippen LogP) is 2.98. The molecule has 0 saturated heterocycles. The zero-order chi connectivity index (χ0) is 14.9. The lowest BCUT2D eigenvalue weighted by atomic mass is 10.2. The van der Waals surface area contributed by atoms with Gasteiger partial charge in [-0.1, -0.05) is 17.7 Å². The number of hydrogen-bond acceptors (Lipinski definition) is 6. The molecule has 0 aliphatic carbocycles. The molecule has 2 rings (SSSR count). The first-order valence-electron chi connectivity index (χ1n) is 5.70. The number of nitrogens with one attached hydrogen (secondary N) is 1. The predicted molar refractivity (Wildman–Crippen MR) is 77.3 cm³/mol. The molecular formula is C12H12ClN5O2. The SMILES string of the molecule is Cc1nc(N)nc(Nc2cccc(Cl)c2C)c1[N+](=O)[O-]. The van der Waals surface area contributed by atoms with Crippen LogP contribution >= 0.6 is 11.6 Å². The quantitative estimate of drug-likeness (QED) is 0.665. The number of halogens is 1. The summed E-state index contributed by atoms with van der Waals surface area (Å²) < 4.78 is 0. The van der Waals surface area contributed by atoms with E-state index in [1.807, 2.05) is 0 Å². The van der Waals surface area contributed by atoms with Gasteiger partial charge >= 0.3 is 5.69 Å². The van der Waals surface area contributed by atoms with Crippen LogP contribution < -0.4 is 11.1 Å². The maximum atomic E-state index is 11.1. The summed E-state index contributed by atoms with van der Waals surface area (Å²) in [5.74, 6) is 0.0145. The van der Waals surface area contributed by atoms with Crippen LogP contribution in [0.25, 0.3) is 0 Å². The highest BCUT2D eigenvalue weighted by Crippen LogP contribution is 2.31. The first-order chi connectivity index (χ1) is 9.40. The summed E-state index contributed by atoms with van der Waals surface area (Å²) in [4.78, 5) is 18.3. The van der Waals surface area contributed by atoms with Gasteiger partial charge in [-0.3, -0.25) is 10.1 Å². The smallest absolute Gasteiger partial charge is 0.332 e. The molecule has 0 amide bonds. The Morgan fingerprint density at radius 3 is 2.70 bits per heavy atom. The third-order valence-corrected chi connectivity index (χ3v) is 3.19. The highest BCUT2D eigenvalue weighted by molar-refractivity contribution is 6.31. The number of nitrogens with two attached hydrogens (primary N) is 1. The van der Waals surface area contributed by atoms with E-state index < -0.39 is 4.92 Å². The lowest BCUT2D eigenvalue weighted by molar-refractivity contribution is -0.385. The third kappa shape index (κ3) is 2.62. The maximum Gasteiger partial charge on any atom is 0.332 e. The number of aromatic nitrogens is 2. The topological polar surface area (TPSA) is 107 Å². The van der Waals surface area contributed by atoms with Crippen molar-refractivity contribution in [3.05, 3.63) is 44.6 Å². The van der Waals surface area contributed by atoms with Crippen LogP contribution in [0.1, 0.15) is 11.3 Å². The lowest BCUT2D eigenvalue weighted by Crippen LogP contribution is -2.07. The molecule has 1 aromatic heterocycles. The van der Waals surface area contributed by atoms with Gasteiger partial charge in [0, 0.05) is 10.7 Å². The molecule has 0 spiro atoms. The highest BCUT2D eigenvalue weighted by Gasteiger charge is 2.22. The van der Waals surface area contributed by atoms with E-state index in [0.29, 0.717) is 10.7 Å². The van der Waals surface area contributed by atoms with E-state index in [1.165, 1.54) is 6.92 Å². The van der Waals surface area contributed by atoms with E-state index in [4.69, 9.17) is 17.3 Å². The van der Waals surface area contributed by atoms with Crippen molar-refractivity contribution < 1.29 is 4.92 Å². The number of aryl methyl sites for hydroxylation is 1. The molecule has 0 unspecified atom stereocenters. The van der Waals surface area contributed by atoms with Gasteiger partial charge in [-0.2, -0.15) is 4.98 Å². The van der Waals surface area contributed by atoms with Crippen LogP contribution in [0.15, 0.2) is 18.2 Å². The standard InChI is InChI=1S/C12H12ClN5O2/c1-6-8(13)4-3-5-9(6)16-11-10(18(19)20)7(2)15-12(14)17-11/h3-5H,1-2H3,(H3,14,15,16,17). The fourth-order valence-electron chi connectivity index (χ4n) is 1.76. The van der Waals surface area contributed by atoms with Gasteiger partial charge in [0.05, 0.1) is 4.92 Å². The van der Waals surface area contributed by atoms with Crippen LogP contribution in [-0.4, -0.2) is 14.9 Å². The Bertz CT molecular complexity index is 690. The second-order valence-electron chi connectivity index (χ2n) is 4.16. The van der Waals surface area contributed by atoms with Crippen molar-refractivity contribution >= 4 is 34.7 Å². The molecule has 0 bridgehead atoms. The molecule has 0 radical (unpaired) electrons. The van der Waals surface area contributed by atoms with Crippen molar-refractivity contribution in [2.24, 2.45) is 0 Å². The molecule has 7 nitrogen and oxygen atoms in total. The zero-order valence-corrected chi connectivity index (χ0v) is 11.6. The lowest BCUT2D eigenvalue weighted by Gasteiger charge is -2.11. The molecular weight excluding hydrogens is 282 g/mol. The summed E-state index contributed by atoms with van der Waals surface area (Å²) in [6.45, 7) is 3.31. The zero-order valence-electron chi connectivity index (χ0n) is 10.8. The Morgan fingerprint density at radius 1 is 1.35 bits per heavy atom.